The lowest BCUT2D eigenvalue weighted by molar-refractivity contribution is 0.832. The number of anilines is 1. The van der Waals surface area contributed by atoms with Gasteiger partial charge in [0.15, 0.2) is 5.11 Å². The van der Waals surface area contributed by atoms with Crippen molar-refractivity contribution in [3.63, 3.8) is 0 Å². The van der Waals surface area contributed by atoms with Crippen molar-refractivity contribution < 1.29 is 0 Å². The first-order valence-electron chi connectivity index (χ1n) is 10.2. The largest absolute Gasteiger partial charge is 0.367 e. The van der Waals surface area contributed by atoms with Gasteiger partial charge in [-0.15, -0.1) is 0 Å². The van der Waals surface area contributed by atoms with Crippen molar-refractivity contribution in [1.82, 2.24) is 10.7 Å². The topological polar surface area (TPSA) is 39.7 Å². The van der Waals surface area contributed by atoms with Gasteiger partial charge in [0, 0.05) is 25.3 Å². The Balaban J connectivity index is 1.45. The second kappa shape index (κ2) is 11.7. The van der Waals surface area contributed by atoms with Crippen molar-refractivity contribution >= 4 is 29.2 Å². The number of hydrazone groups is 1. The smallest absolute Gasteiger partial charge is 0.186 e. The van der Waals surface area contributed by atoms with Crippen LogP contribution in [0.1, 0.15) is 23.6 Å². The summed E-state index contributed by atoms with van der Waals surface area (Å²) in [5, 5.41) is 7.94. The maximum atomic E-state index is 5.28. The van der Waals surface area contributed by atoms with Gasteiger partial charge in [-0.05, 0) is 54.4 Å². The molecule has 0 saturated heterocycles. The summed E-state index contributed by atoms with van der Waals surface area (Å²) >= 11 is 5.28. The maximum Gasteiger partial charge on any atom is 0.186 e. The third-order valence-electron chi connectivity index (χ3n) is 4.78. The Kier molecular flexibility index (Phi) is 8.42. The van der Waals surface area contributed by atoms with Crippen LogP contribution in [-0.4, -0.2) is 24.4 Å². The molecule has 0 aliphatic heterocycles. The van der Waals surface area contributed by atoms with E-state index in [1.165, 1.54) is 16.8 Å². The monoisotopic (exact) mass is 416 g/mol. The van der Waals surface area contributed by atoms with Crippen LogP contribution in [0.25, 0.3) is 0 Å². The first-order chi connectivity index (χ1) is 14.7. The molecule has 0 bridgehead atoms. The van der Waals surface area contributed by atoms with E-state index in [4.69, 9.17) is 12.2 Å². The van der Waals surface area contributed by atoms with Gasteiger partial charge in [-0.3, -0.25) is 5.43 Å². The Hall–Kier alpha value is -3.18. The fourth-order valence-electron chi connectivity index (χ4n) is 3.13. The molecule has 30 heavy (non-hydrogen) atoms. The molecule has 0 aliphatic rings. The van der Waals surface area contributed by atoms with Gasteiger partial charge in [-0.1, -0.05) is 72.8 Å². The molecule has 0 radical (unpaired) electrons. The molecule has 0 fully saturated rings. The zero-order valence-corrected chi connectivity index (χ0v) is 18.1. The Bertz CT molecular complexity index is 924. The predicted octanol–water partition coefficient (Wildman–Crippen LogP) is 4.75. The normalized spacial score (nSPS) is 10.7. The zero-order valence-electron chi connectivity index (χ0n) is 17.3. The fraction of sp³-hybridized carbons (Fsp3) is 0.200. The summed E-state index contributed by atoms with van der Waals surface area (Å²) in [6.45, 7) is 4.80. The van der Waals surface area contributed by atoms with Gasteiger partial charge >= 0.3 is 0 Å². The summed E-state index contributed by atoms with van der Waals surface area (Å²) in [5.74, 6) is 0. The summed E-state index contributed by atoms with van der Waals surface area (Å²) in [4.78, 5) is 2.35. The molecular formula is C25H28N4S. The van der Waals surface area contributed by atoms with Crippen molar-refractivity contribution in [2.24, 2.45) is 5.10 Å². The number of hydrogen-bond donors (Lipinski definition) is 2. The lowest BCUT2D eigenvalue weighted by Gasteiger charge is -2.23. The number of benzene rings is 3. The van der Waals surface area contributed by atoms with Crippen LogP contribution < -0.4 is 15.6 Å². The molecule has 3 rings (SSSR count). The Morgan fingerprint density at radius 1 is 0.900 bits per heavy atom. The molecule has 3 aromatic rings. The van der Waals surface area contributed by atoms with E-state index in [1.807, 2.05) is 24.3 Å². The Labute approximate surface area is 184 Å². The van der Waals surface area contributed by atoms with Crippen LogP contribution in [-0.2, 0) is 13.0 Å². The summed E-state index contributed by atoms with van der Waals surface area (Å²) < 4.78 is 0. The van der Waals surface area contributed by atoms with E-state index in [-0.39, 0.29) is 0 Å². The van der Waals surface area contributed by atoms with E-state index in [0.717, 1.165) is 31.6 Å². The van der Waals surface area contributed by atoms with Gasteiger partial charge in [0.2, 0.25) is 0 Å². The molecule has 0 aliphatic carbocycles. The second-order valence-corrected chi connectivity index (χ2v) is 7.36. The van der Waals surface area contributed by atoms with Gasteiger partial charge < -0.3 is 10.2 Å². The van der Waals surface area contributed by atoms with E-state index in [9.17, 15) is 0 Å². The lowest BCUT2D eigenvalue weighted by atomic mass is 10.1. The van der Waals surface area contributed by atoms with Crippen LogP contribution >= 0.6 is 12.2 Å². The number of thiocarbonyl (C=S) groups is 1. The molecule has 0 atom stereocenters. The van der Waals surface area contributed by atoms with Gasteiger partial charge in [0.1, 0.15) is 0 Å². The molecule has 0 heterocycles. The van der Waals surface area contributed by atoms with E-state index >= 15 is 0 Å². The molecular weight excluding hydrogens is 388 g/mol. The van der Waals surface area contributed by atoms with E-state index in [2.05, 4.69) is 88.3 Å². The average molecular weight is 417 g/mol. The maximum absolute atomic E-state index is 5.28. The standard InChI is InChI=1S/C25H28N4S/c1-2-29(20-23-11-7-4-8-12-23)24-15-13-22(14-16-24)19-27-28-25(30)26-18-17-21-9-5-3-6-10-21/h3-16,19H,2,17-18,20H2,1H3,(H2,26,28,30). The average Bonchev–Trinajstić information content (AvgIpc) is 2.79. The molecule has 0 amide bonds. The minimum Gasteiger partial charge on any atom is -0.367 e. The SMILES string of the molecule is CCN(Cc1ccccc1)c1ccc(C=NNC(=S)NCCc2ccccc2)cc1. The summed E-state index contributed by atoms with van der Waals surface area (Å²) in [6, 6.07) is 29.3. The molecule has 0 unspecified atom stereocenters. The molecule has 2 N–H and O–H groups in total. The number of rotatable bonds is 9. The fourth-order valence-corrected chi connectivity index (χ4v) is 3.29. The zero-order chi connectivity index (χ0) is 21.0. The molecule has 4 nitrogen and oxygen atoms in total. The molecule has 154 valence electrons. The summed E-state index contributed by atoms with van der Waals surface area (Å²) in [6.07, 6.45) is 2.70. The van der Waals surface area contributed by atoms with Crippen LogP contribution in [0, 0.1) is 0 Å². The van der Waals surface area contributed by atoms with Crippen LogP contribution in [0.4, 0.5) is 5.69 Å². The van der Waals surface area contributed by atoms with Crippen molar-refractivity contribution in [2.45, 2.75) is 19.9 Å². The quantitative estimate of drug-likeness (QED) is 0.300. The minimum absolute atomic E-state index is 0.527. The van der Waals surface area contributed by atoms with Crippen molar-refractivity contribution in [2.75, 3.05) is 18.0 Å². The summed E-state index contributed by atoms with van der Waals surface area (Å²) in [7, 11) is 0. The first-order valence-corrected chi connectivity index (χ1v) is 10.6. The Morgan fingerprint density at radius 3 is 2.17 bits per heavy atom. The van der Waals surface area contributed by atoms with Gasteiger partial charge in [0.05, 0.1) is 6.21 Å². The van der Waals surface area contributed by atoms with Gasteiger partial charge in [-0.2, -0.15) is 5.10 Å². The van der Waals surface area contributed by atoms with Crippen molar-refractivity contribution in [3.05, 3.63) is 102 Å². The van der Waals surface area contributed by atoms with Crippen LogP contribution in [0.15, 0.2) is 90.0 Å². The second-order valence-electron chi connectivity index (χ2n) is 6.95. The molecule has 0 saturated carbocycles. The van der Waals surface area contributed by atoms with Crippen molar-refractivity contribution in [3.8, 4) is 0 Å². The number of nitrogens with one attached hydrogen (secondary N) is 2. The lowest BCUT2D eigenvalue weighted by Crippen LogP contribution is -2.33. The summed E-state index contributed by atoms with van der Waals surface area (Å²) in [5.41, 5.74) is 7.69. The van der Waals surface area contributed by atoms with Crippen LogP contribution in [0.2, 0.25) is 0 Å². The molecule has 0 spiro atoms. The minimum atomic E-state index is 0.527. The molecule has 5 heteroatoms. The molecule has 0 aromatic heterocycles. The third-order valence-corrected chi connectivity index (χ3v) is 5.01. The van der Waals surface area contributed by atoms with E-state index < -0.39 is 0 Å². The van der Waals surface area contributed by atoms with Gasteiger partial charge in [-0.25, -0.2) is 0 Å². The predicted molar refractivity (Wildman–Crippen MR) is 131 cm³/mol. The van der Waals surface area contributed by atoms with Crippen LogP contribution in [0.5, 0.6) is 0 Å². The van der Waals surface area contributed by atoms with E-state index in [0.29, 0.717) is 5.11 Å². The molecule has 3 aromatic carbocycles. The van der Waals surface area contributed by atoms with Gasteiger partial charge in [0.25, 0.3) is 0 Å². The third kappa shape index (κ3) is 7.01. The number of nitrogens with zero attached hydrogens (tertiary/aromatic N) is 2. The van der Waals surface area contributed by atoms with Crippen LogP contribution in [0.3, 0.4) is 0 Å². The highest BCUT2D eigenvalue weighted by atomic mass is 32.1. The number of hydrogen-bond acceptors (Lipinski definition) is 3. The Morgan fingerprint density at radius 2 is 1.53 bits per heavy atom. The first kappa shape index (κ1) is 21.5. The highest BCUT2D eigenvalue weighted by molar-refractivity contribution is 7.80. The van der Waals surface area contributed by atoms with Crippen molar-refractivity contribution in [1.29, 1.82) is 0 Å². The highest BCUT2D eigenvalue weighted by Crippen LogP contribution is 2.17. The highest BCUT2D eigenvalue weighted by Gasteiger charge is 2.05. The van der Waals surface area contributed by atoms with E-state index in [1.54, 1.807) is 6.21 Å².